The van der Waals surface area contributed by atoms with Crippen molar-refractivity contribution in [2.75, 3.05) is 6.54 Å². The molecule has 0 radical (unpaired) electrons. The second-order valence-corrected chi connectivity index (χ2v) is 8.53. The fourth-order valence-electron chi connectivity index (χ4n) is 4.36. The van der Waals surface area contributed by atoms with Gasteiger partial charge in [0.15, 0.2) is 0 Å². The number of aliphatic carboxylic acids is 1. The van der Waals surface area contributed by atoms with Gasteiger partial charge in [-0.2, -0.15) is 4.90 Å². The van der Waals surface area contributed by atoms with E-state index in [1.54, 1.807) is 24.3 Å². The normalized spacial score (nSPS) is 12.2. The van der Waals surface area contributed by atoms with Crippen molar-refractivity contribution in [1.82, 2.24) is 4.90 Å². The van der Waals surface area contributed by atoms with E-state index in [-0.39, 0.29) is 26.2 Å². The highest BCUT2D eigenvalue weighted by Crippen LogP contribution is 2.38. The molecule has 1 aliphatic rings. The molecule has 2 amide bonds. The van der Waals surface area contributed by atoms with Crippen LogP contribution in [0, 0.1) is 0 Å². The summed E-state index contributed by atoms with van der Waals surface area (Å²) in [6.45, 7) is -0.0126. The predicted molar refractivity (Wildman–Crippen MR) is 133 cm³/mol. The highest BCUT2D eigenvalue weighted by atomic mass is 16.6. The maximum Gasteiger partial charge on any atom is 0.420 e. The smallest absolute Gasteiger partial charge is 0.420 e. The Labute approximate surface area is 209 Å². The van der Waals surface area contributed by atoms with Crippen LogP contribution in [-0.2, 0) is 33.9 Å². The molecule has 3 aromatic carbocycles. The number of carbonyl (C=O) groups is 3. The van der Waals surface area contributed by atoms with Crippen molar-refractivity contribution < 1.29 is 29.0 Å². The number of carbonyl (C=O) groups excluding carboxylic acids is 2. The third kappa shape index (κ3) is 5.55. The highest BCUT2D eigenvalue weighted by Gasteiger charge is 2.37. The van der Waals surface area contributed by atoms with E-state index in [2.05, 4.69) is 12.1 Å². The summed E-state index contributed by atoms with van der Waals surface area (Å²) in [5.74, 6) is -1.34. The number of ether oxygens (including phenoxy) is 2. The Kier molecular flexibility index (Phi) is 7.97. The second kappa shape index (κ2) is 11.5. The van der Waals surface area contributed by atoms with Crippen LogP contribution in [0.2, 0.25) is 0 Å². The van der Waals surface area contributed by atoms with Crippen molar-refractivity contribution in [3.63, 3.8) is 0 Å². The van der Waals surface area contributed by atoms with Crippen LogP contribution in [0.15, 0.2) is 72.8 Å². The van der Waals surface area contributed by atoms with Crippen molar-refractivity contribution in [3.8, 4) is 11.1 Å². The lowest BCUT2D eigenvalue weighted by atomic mass is 10.0. The van der Waals surface area contributed by atoms with Gasteiger partial charge in [-0.25, -0.2) is 14.4 Å². The van der Waals surface area contributed by atoms with Crippen LogP contribution in [0.25, 0.3) is 11.1 Å². The summed E-state index contributed by atoms with van der Waals surface area (Å²) in [6.07, 6.45) is -1.17. The summed E-state index contributed by atoms with van der Waals surface area (Å²) in [4.78, 5) is 38.6. The van der Waals surface area contributed by atoms with Crippen LogP contribution in [-0.4, -0.2) is 40.7 Å². The molecule has 0 aliphatic heterocycles. The Bertz CT molecular complexity index is 1240. The zero-order chi connectivity index (χ0) is 25.5. The van der Waals surface area contributed by atoms with Gasteiger partial charge in [-0.3, -0.25) is 0 Å². The largest absolute Gasteiger partial charge is 0.480 e. The average Bonchev–Trinajstić information content (AvgIpc) is 3.28. The molecule has 3 aromatic rings. The van der Waals surface area contributed by atoms with Gasteiger partial charge in [0.2, 0.25) is 0 Å². The maximum atomic E-state index is 13.1. The van der Waals surface area contributed by atoms with Gasteiger partial charge in [0.25, 0.3) is 0 Å². The van der Waals surface area contributed by atoms with E-state index >= 15 is 0 Å². The van der Waals surface area contributed by atoms with E-state index in [4.69, 9.17) is 15.2 Å². The first-order valence-corrected chi connectivity index (χ1v) is 11.8. The fourth-order valence-corrected chi connectivity index (χ4v) is 4.36. The molecular weight excluding hydrogens is 460 g/mol. The third-order valence-corrected chi connectivity index (χ3v) is 6.18. The summed E-state index contributed by atoms with van der Waals surface area (Å²) in [7, 11) is 0. The van der Waals surface area contributed by atoms with Crippen molar-refractivity contribution in [3.05, 3.63) is 95.1 Å². The number of amides is 2. The molecule has 36 heavy (non-hydrogen) atoms. The molecule has 4 rings (SSSR count). The predicted octanol–water partition coefficient (Wildman–Crippen LogP) is 4.73. The lowest BCUT2D eigenvalue weighted by Crippen LogP contribution is -2.49. The molecule has 186 valence electrons. The van der Waals surface area contributed by atoms with Crippen LogP contribution in [0.3, 0.4) is 0 Å². The Morgan fingerprint density at radius 2 is 1.53 bits per heavy atom. The average molecular weight is 489 g/mol. The molecule has 1 unspecified atom stereocenters. The number of nitrogens with zero attached hydrogens (tertiary/aromatic N) is 1. The quantitative estimate of drug-likeness (QED) is 0.350. The molecule has 3 N–H and O–H groups in total. The van der Waals surface area contributed by atoms with Gasteiger partial charge >= 0.3 is 18.2 Å². The Balaban J connectivity index is 1.51. The molecule has 8 nitrogen and oxygen atoms in total. The number of carboxylic acids is 1. The van der Waals surface area contributed by atoms with Gasteiger partial charge in [-0.15, -0.1) is 0 Å². The number of fused-ring (bicyclic) bond motifs is 3. The minimum Gasteiger partial charge on any atom is -0.480 e. The summed E-state index contributed by atoms with van der Waals surface area (Å²) >= 11 is 0. The molecule has 0 saturated carbocycles. The number of hydrogen-bond donors (Lipinski definition) is 2. The second-order valence-electron chi connectivity index (χ2n) is 8.53. The van der Waals surface area contributed by atoms with E-state index in [1.165, 1.54) is 5.56 Å². The molecule has 1 atom stereocenters. The summed E-state index contributed by atoms with van der Waals surface area (Å²) < 4.78 is 10.8. The number of rotatable bonds is 9. The molecular formula is C28H28N2O6. The minimum absolute atomic E-state index is 0.0165. The van der Waals surface area contributed by atoms with Gasteiger partial charge in [0.1, 0.15) is 19.3 Å². The van der Waals surface area contributed by atoms with E-state index in [0.717, 1.165) is 22.3 Å². The van der Waals surface area contributed by atoms with Gasteiger partial charge in [0.05, 0.1) is 0 Å². The maximum absolute atomic E-state index is 13.1. The topological polar surface area (TPSA) is 119 Å². The van der Waals surface area contributed by atoms with Gasteiger partial charge in [-0.1, -0.05) is 72.8 Å². The molecule has 0 heterocycles. The Morgan fingerprint density at radius 1 is 0.861 bits per heavy atom. The van der Waals surface area contributed by atoms with Crippen LogP contribution in [0.5, 0.6) is 0 Å². The van der Waals surface area contributed by atoms with E-state index < -0.39 is 24.2 Å². The van der Waals surface area contributed by atoms with E-state index in [1.807, 2.05) is 36.4 Å². The molecule has 0 saturated heterocycles. The van der Waals surface area contributed by atoms with Crippen LogP contribution < -0.4 is 5.73 Å². The first-order chi connectivity index (χ1) is 17.5. The monoisotopic (exact) mass is 488 g/mol. The molecule has 0 fully saturated rings. The first-order valence-electron chi connectivity index (χ1n) is 11.8. The standard InChI is InChI=1S/C28H28N2O6/c29-15-7-14-25(26(31)32)30(27(33)35-17-19-8-2-1-3-9-19)28(34)36-18-21-11-6-13-23-22-12-5-4-10-20(22)16-24(21)23/h1-6,8-13,25H,7,14-18,29H2,(H,31,32). The Morgan fingerprint density at radius 3 is 2.25 bits per heavy atom. The fraction of sp³-hybridized carbons (Fsp3) is 0.250. The van der Waals surface area contributed by atoms with Gasteiger partial charge in [0, 0.05) is 0 Å². The number of nitrogens with two attached hydrogens (primary N) is 1. The van der Waals surface area contributed by atoms with Crippen molar-refractivity contribution >= 4 is 18.2 Å². The zero-order valence-electron chi connectivity index (χ0n) is 19.8. The number of carboxylic acid groups (broad SMARTS) is 1. The van der Waals surface area contributed by atoms with Gasteiger partial charge < -0.3 is 20.3 Å². The summed E-state index contributed by atoms with van der Waals surface area (Å²) in [5, 5.41) is 9.77. The third-order valence-electron chi connectivity index (χ3n) is 6.18. The zero-order valence-corrected chi connectivity index (χ0v) is 19.8. The van der Waals surface area contributed by atoms with Crippen LogP contribution in [0.1, 0.15) is 35.1 Å². The van der Waals surface area contributed by atoms with E-state index in [9.17, 15) is 19.5 Å². The Hall–Kier alpha value is -4.17. The van der Waals surface area contributed by atoms with Crippen LogP contribution in [0.4, 0.5) is 9.59 Å². The summed E-state index contributed by atoms with van der Waals surface area (Å²) in [6, 6.07) is 21.3. The number of imide groups is 1. The number of benzene rings is 3. The molecule has 0 bridgehead atoms. The summed E-state index contributed by atoms with van der Waals surface area (Å²) in [5.41, 5.74) is 11.5. The molecule has 1 aliphatic carbocycles. The van der Waals surface area contributed by atoms with Crippen molar-refractivity contribution in [2.24, 2.45) is 5.73 Å². The SMILES string of the molecule is NCCCC(C(=O)O)N(C(=O)OCc1ccccc1)C(=O)OCc1cccc2c1Cc1ccccc1-2. The molecule has 8 heteroatoms. The highest BCUT2D eigenvalue weighted by molar-refractivity contribution is 5.93. The van der Waals surface area contributed by atoms with Crippen molar-refractivity contribution in [2.45, 2.75) is 38.5 Å². The number of hydrogen-bond acceptors (Lipinski definition) is 6. The lowest BCUT2D eigenvalue weighted by Gasteiger charge is -2.26. The van der Waals surface area contributed by atoms with Crippen molar-refractivity contribution in [1.29, 1.82) is 0 Å². The minimum atomic E-state index is -1.46. The van der Waals surface area contributed by atoms with Gasteiger partial charge in [-0.05, 0) is 59.2 Å². The first kappa shape index (κ1) is 24.9. The van der Waals surface area contributed by atoms with Crippen LogP contribution >= 0.6 is 0 Å². The van der Waals surface area contributed by atoms with E-state index in [0.29, 0.717) is 23.3 Å². The lowest BCUT2D eigenvalue weighted by molar-refractivity contribution is -0.142. The molecule has 0 spiro atoms. The molecule has 0 aromatic heterocycles.